The first-order valence-corrected chi connectivity index (χ1v) is 6.76. The second-order valence-electron chi connectivity index (χ2n) is 4.69. The lowest BCUT2D eigenvalue weighted by atomic mass is 10.0. The minimum Gasteiger partial charge on any atom is -0.497 e. The fourth-order valence-electron chi connectivity index (χ4n) is 2.04. The molecule has 2 aromatic carbocycles. The highest BCUT2D eigenvalue weighted by atomic mass is 35.5. The van der Waals surface area contributed by atoms with Crippen molar-refractivity contribution in [2.45, 2.75) is 19.0 Å². The average molecular weight is 315 g/mol. The van der Waals surface area contributed by atoms with Gasteiger partial charge >= 0.3 is 6.18 Å². The molecule has 0 radical (unpaired) electrons. The normalized spacial score (nSPS) is 11.5. The summed E-state index contributed by atoms with van der Waals surface area (Å²) in [4.78, 5) is 0. The molecule has 0 heterocycles. The summed E-state index contributed by atoms with van der Waals surface area (Å²) in [5, 5.41) is 0.106. The first-order chi connectivity index (χ1) is 9.88. The summed E-state index contributed by atoms with van der Waals surface area (Å²) < 4.78 is 43.2. The summed E-state index contributed by atoms with van der Waals surface area (Å²) in [7, 11) is 1.58. The molecular formula is C16H14ClF3O. The molecule has 0 amide bonds. The van der Waals surface area contributed by atoms with Gasteiger partial charge in [-0.25, -0.2) is 0 Å². The van der Waals surface area contributed by atoms with Gasteiger partial charge < -0.3 is 4.74 Å². The Kier molecular flexibility index (Phi) is 4.78. The summed E-state index contributed by atoms with van der Waals surface area (Å²) >= 11 is 5.76. The summed E-state index contributed by atoms with van der Waals surface area (Å²) in [5.41, 5.74) is 0.898. The van der Waals surface area contributed by atoms with Crippen LogP contribution in [0.25, 0.3) is 0 Å². The van der Waals surface area contributed by atoms with Crippen LogP contribution >= 0.6 is 11.6 Å². The quantitative estimate of drug-likeness (QED) is 0.758. The Morgan fingerprint density at radius 1 is 0.952 bits per heavy atom. The lowest BCUT2D eigenvalue weighted by Gasteiger charge is -2.10. The van der Waals surface area contributed by atoms with Crippen molar-refractivity contribution in [3.63, 3.8) is 0 Å². The van der Waals surface area contributed by atoms with Crippen LogP contribution in [-0.4, -0.2) is 7.11 Å². The van der Waals surface area contributed by atoms with Gasteiger partial charge in [0.05, 0.1) is 12.7 Å². The van der Waals surface area contributed by atoms with Crippen molar-refractivity contribution in [2.75, 3.05) is 7.11 Å². The minimum absolute atomic E-state index is 0.106. The SMILES string of the molecule is COc1ccc(CCc2cc(Cl)cc(C(F)(F)F)c2)cc1. The molecule has 0 unspecified atom stereocenters. The van der Waals surface area contributed by atoms with E-state index in [1.165, 1.54) is 0 Å². The molecule has 0 aliphatic carbocycles. The van der Waals surface area contributed by atoms with Gasteiger partial charge in [0.1, 0.15) is 5.75 Å². The fourth-order valence-corrected chi connectivity index (χ4v) is 2.30. The average Bonchev–Trinajstić information content (AvgIpc) is 2.44. The van der Waals surface area contributed by atoms with E-state index in [1.54, 1.807) is 13.2 Å². The molecule has 0 saturated heterocycles. The lowest BCUT2D eigenvalue weighted by molar-refractivity contribution is -0.137. The molecule has 2 rings (SSSR count). The van der Waals surface area contributed by atoms with E-state index in [-0.39, 0.29) is 5.02 Å². The number of alkyl halides is 3. The molecule has 0 atom stereocenters. The first kappa shape index (κ1) is 15.7. The number of aryl methyl sites for hydroxylation is 2. The lowest BCUT2D eigenvalue weighted by Crippen LogP contribution is -2.06. The van der Waals surface area contributed by atoms with Crippen LogP contribution in [0, 0.1) is 0 Å². The third-order valence-electron chi connectivity index (χ3n) is 3.15. The first-order valence-electron chi connectivity index (χ1n) is 6.38. The highest BCUT2D eigenvalue weighted by Gasteiger charge is 2.30. The van der Waals surface area contributed by atoms with Crippen molar-refractivity contribution in [2.24, 2.45) is 0 Å². The molecule has 0 fully saturated rings. The van der Waals surface area contributed by atoms with Crippen LogP contribution in [0.1, 0.15) is 16.7 Å². The second-order valence-corrected chi connectivity index (χ2v) is 5.13. The van der Waals surface area contributed by atoms with Gasteiger partial charge in [0.2, 0.25) is 0 Å². The Morgan fingerprint density at radius 2 is 1.57 bits per heavy atom. The van der Waals surface area contributed by atoms with Crippen molar-refractivity contribution < 1.29 is 17.9 Å². The van der Waals surface area contributed by atoms with Crippen molar-refractivity contribution >= 4 is 11.6 Å². The molecule has 0 aliphatic rings. The number of benzene rings is 2. The van der Waals surface area contributed by atoms with E-state index in [9.17, 15) is 13.2 Å². The van der Waals surface area contributed by atoms with Crippen LogP contribution < -0.4 is 4.74 Å². The standard InChI is InChI=1S/C16H14ClF3O/c1-21-15-6-4-11(5-7-15)2-3-12-8-13(16(18,19)20)10-14(17)9-12/h4-10H,2-3H2,1H3. The van der Waals surface area contributed by atoms with E-state index in [1.807, 2.05) is 24.3 Å². The van der Waals surface area contributed by atoms with Gasteiger partial charge in [0, 0.05) is 5.02 Å². The predicted octanol–water partition coefficient (Wildman–Crippen LogP) is 5.15. The fraction of sp³-hybridized carbons (Fsp3) is 0.250. The second kappa shape index (κ2) is 6.39. The zero-order valence-electron chi connectivity index (χ0n) is 11.4. The monoisotopic (exact) mass is 314 g/mol. The molecule has 0 saturated carbocycles. The van der Waals surface area contributed by atoms with E-state index in [4.69, 9.17) is 16.3 Å². The molecule has 1 nitrogen and oxygen atoms in total. The van der Waals surface area contributed by atoms with Gasteiger partial charge in [-0.05, 0) is 54.3 Å². The third-order valence-corrected chi connectivity index (χ3v) is 3.36. The highest BCUT2D eigenvalue weighted by molar-refractivity contribution is 6.30. The molecular weight excluding hydrogens is 301 g/mol. The number of rotatable bonds is 4. The van der Waals surface area contributed by atoms with E-state index >= 15 is 0 Å². The van der Waals surface area contributed by atoms with Gasteiger partial charge in [0.25, 0.3) is 0 Å². The number of halogens is 4. The Hall–Kier alpha value is -1.68. The Balaban J connectivity index is 2.10. The summed E-state index contributed by atoms with van der Waals surface area (Å²) in [5.74, 6) is 0.751. The Bertz CT molecular complexity index is 606. The summed E-state index contributed by atoms with van der Waals surface area (Å²) in [6.07, 6.45) is -3.24. The van der Waals surface area contributed by atoms with Crippen LogP contribution in [-0.2, 0) is 19.0 Å². The van der Waals surface area contributed by atoms with Gasteiger partial charge in [-0.15, -0.1) is 0 Å². The number of hydrogen-bond donors (Lipinski definition) is 0. The van der Waals surface area contributed by atoms with Crippen molar-refractivity contribution in [1.82, 2.24) is 0 Å². The molecule has 0 N–H and O–H groups in total. The maximum absolute atomic E-state index is 12.7. The topological polar surface area (TPSA) is 9.23 Å². The molecule has 0 bridgehead atoms. The smallest absolute Gasteiger partial charge is 0.416 e. The zero-order chi connectivity index (χ0) is 15.5. The Morgan fingerprint density at radius 3 is 2.14 bits per heavy atom. The van der Waals surface area contributed by atoms with Gasteiger partial charge in [-0.3, -0.25) is 0 Å². The molecule has 0 spiro atoms. The maximum atomic E-state index is 12.7. The predicted molar refractivity (Wildman–Crippen MR) is 76.9 cm³/mol. The van der Waals surface area contributed by atoms with Gasteiger partial charge in [-0.2, -0.15) is 13.2 Å². The van der Waals surface area contributed by atoms with Crippen LogP contribution in [0.4, 0.5) is 13.2 Å². The van der Waals surface area contributed by atoms with Gasteiger partial charge in [0.15, 0.2) is 0 Å². The molecule has 5 heteroatoms. The molecule has 2 aromatic rings. The maximum Gasteiger partial charge on any atom is 0.416 e. The highest BCUT2D eigenvalue weighted by Crippen LogP contribution is 2.32. The third kappa shape index (κ3) is 4.39. The van der Waals surface area contributed by atoms with Crippen LogP contribution in [0.15, 0.2) is 42.5 Å². The van der Waals surface area contributed by atoms with Gasteiger partial charge in [-0.1, -0.05) is 23.7 Å². The molecule has 0 aromatic heterocycles. The van der Waals surface area contributed by atoms with Crippen molar-refractivity contribution in [3.05, 3.63) is 64.2 Å². The van der Waals surface area contributed by atoms with Crippen LogP contribution in [0.3, 0.4) is 0 Å². The van der Waals surface area contributed by atoms with E-state index in [0.717, 1.165) is 23.4 Å². The largest absolute Gasteiger partial charge is 0.497 e. The van der Waals surface area contributed by atoms with Crippen molar-refractivity contribution in [1.29, 1.82) is 0 Å². The molecule has 0 aliphatic heterocycles. The zero-order valence-corrected chi connectivity index (χ0v) is 12.1. The summed E-state index contributed by atoms with van der Waals surface area (Å²) in [6.45, 7) is 0. The number of ether oxygens (including phenoxy) is 1. The van der Waals surface area contributed by atoms with E-state index < -0.39 is 11.7 Å². The number of hydrogen-bond acceptors (Lipinski definition) is 1. The number of methoxy groups -OCH3 is 1. The van der Waals surface area contributed by atoms with E-state index in [2.05, 4.69) is 0 Å². The van der Waals surface area contributed by atoms with Crippen molar-refractivity contribution in [3.8, 4) is 5.75 Å². The Labute approximate surface area is 126 Å². The molecule has 21 heavy (non-hydrogen) atoms. The minimum atomic E-state index is -4.38. The van der Waals surface area contributed by atoms with Crippen LogP contribution in [0.5, 0.6) is 5.75 Å². The van der Waals surface area contributed by atoms with Crippen LogP contribution in [0.2, 0.25) is 5.02 Å². The summed E-state index contributed by atoms with van der Waals surface area (Å²) in [6, 6.07) is 11.1. The van der Waals surface area contributed by atoms with E-state index in [0.29, 0.717) is 18.4 Å². The molecule has 112 valence electrons.